The monoisotopic (exact) mass is 571 g/mol. The maximum Gasteiger partial charge on any atom is 0.266 e. The Hall–Kier alpha value is -2.51. The lowest BCUT2D eigenvalue weighted by Gasteiger charge is -2.38. The molecule has 0 unspecified atom stereocenters. The number of thiazole rings is 1. The minimum Gasteiger partial charge on any atom is -0.493 e. The number of benzene rings is 2. The van der Waals surface area contributed by atoms with Crippen LogP contribution in [0.3, 0.4) is 0 Å². The number of unbranched alkanes of at least 4 members (excludes halogenated alkanes) is 1. The third-order valence-corrected chi connectivity index (χ3v) is 8.30. The summed E-state index contributed by atoms with van der Waals surface area (Å²) in [7, 11) is 0. The van der Waals surface area contributed by atoms with E-state index in [2.05, 4.69) is 62.1 Å². The van der Waals surface area contributed by atoms with E-state index in [-0.39, 0.29) is 5.56 Å². The summed E-state index contributed by atoms with van der Waals surface area (Å²) in [6, 6.07) is 5.81. The molecule has 0 aliphatic carbocycles. The molecule has 5 nitrogen and oxygen atoms in total. The highest BCUT2D eigenvalue weighted by Gasteiger charge is 2.35. The van der Waals surface area contributed by atoms with Crippen molar-refractivity contribution in [2.75, 3.05) is 13.2 Å². The Morgan fingerprint density at radius 3 is 2.67 bits per heavy atom. The first-order chi connectivity index (χ1) is 17.1. The van der Waals surface area contributed by atoms with Crippen LogP contribution in [0.5, 0.6) is 17.2 Å². The van der Waals surface area contributed by atoms with E-state index in [4.69, 9.17) is 14.2 Å². The number of H-pyrrole nitrogens is 1. The molecule has 1 aromatic heterocycles. The van der Waals surface area contributed by atoms with Crippen LogP contribution in [-0.2, 0) is 6.42 Å². The summed E-state index contributed by atoms with van der Waals surface area (Å²) in [5.41, 5.74) is 5.08. The molecule has 1 atom stereocenters. The number of aromatic amines is 1. The zero-order valence-electron chi connectivity index (χ0n) is 21.7. The SMILES string of the molecule is C=c1[nH]c(=O)/c(=C\c2ccc(OC[C@]3(C)CCc4c(C)c(OCCCC)c(C)c(C)c4O3)c(Br)c2)s1. The van der Waals surface area contributed by atoms with Crippen molar-refractivity contribution in [2.24, 2.45) is 0 Å². The molecule has 0 radical (unpaired) electrons. The van der Waals surface area contributed by atoms with E-state index < -0.39 is 5.60 Å². The third kappa shape index (κ3) is 5.57. The van der Waals surface area contributed by atoms with Gasteiger partial charge in [0.25, 0.3) is 5.56 Å². The van der Waals surface area contributed by atoms with Crippen molar-refractivity contribution in [3.05, 3.63) is 70.0 Å². The van der Waals surface area contributed by atoms with E-state index >= 15 is 0 Å². The summed E-state index contributed by atoms with van der Waals surface area (Å²) in [5.74, 6) is 2.73. The second-order valence-electron chi connectivity index (χ2n) is 9.73. The standard InChI is InChI=1S/C29H34BrNO4S/c1-7-8-13-33-26-17(2)18(3)27-22(19(26)4)11-12-29(6,35-27)16-34-24-10-9-21(14-23(24)30)15-25-28(32)31-20(5)36-25/h9-10,14-15H,5,7-8,11-13,16H2,1-4,6H3,(H,31,32)/b25-15+/t29-/m0/s1. The van der Waals surface area contributed by atoms with E-state index in [1.165, 1.54) is 22.5 Å². The lowest BCUT2D eigenvalue weighted by molar-refractivity contribution is 0.0164. The Bertz CT molecular complexity index is 1440. The van der Waals surface area contributed by atoms with Crippen LogP contribution in [0.15, 0.2) is 27.5 Å². The molecule has 192 valence electrons. The fraction of sp³-hybridized carbons (Fsp3) is 0.414. The van der Waals surface area contributed by atoms with E-state index in [1.807, 2.05) is 24.3 Å². The Labute approximate surface area is 224 Å². The van der Waals surface area contributed by atoms with Gasteiger partial charge in [-0.15, -0.1) is 11.3 Å². The van der Waals surface area contributed by atoms with Gasteiger partial charge >= 0.3 is 0 Å². The number of halogens is 1. The summed E-state index contributed by atoms with van der Waals surface area (Å²) in [5, 5.41) is 0. The number of ether oxygens (including phenoxy) is 3. The molecule has 1 aliphatic rings. The Morgan fingerprint density at radius 2 is 2.00 bits per heavy atom. The van der Waals surface area contributed by atoms with E-state index in [0.29, 0.717) is 15.8 Å². The van der Waals surface area contributed by atoms with Gasteiger partial charge in [-0.25, -0.2) is 0 Å². The molecular formula is C29H34BrNO4S. The van der Waals surface area contributed by atoms with Crippen molar-refractivity contribution in [1.82, 2.24) is 4.98 Å². The highest BCUT2D eigenvalue weighted by atomic mass is 79.9. The molecule has 0 saturated carbocycles. The van der Waals surface area contributed by atoms with Crippen molar-refractivity contribution >= 4 is 39.9 Å². The Kier molecular flexibility index (Phi) is 8.00. The molecule has 7 heteroatoms. The van der Waals surface area contributed by atoms with Gasteiger partial charge < -0.3 is 19.2 Å². The molecule has 36 heavy (non-hydrogen) atoms. The van der Waals surface area contributed by atoms with Gasteiger partial charge in [-0.2, -0.15) is 0 Å². The third-order valence-electron chi connectivity index (χ3n) is 6.80. The molecule has 2 aromatic carbocycles. The summed E-state index contributed by atoms with van der Waals surface area (Å²) >= 11 is 4.97. The van der Waals surface area contributed by atoms with Crippen molar-refractivity contribution in [3.8, 4) is 17.2 Å². The molecule has 4 rings (SSSR count). The Morgan fingerprint density at radius 1 is 1.22 bits per heavy atom. The molecule has 3 aromatic rings. The normalized spacial score (nSPS) is 17.6. The van der Waals surface area contributed by atoms with Gasteiger partial charge in [0.1, 0.15) is 29.5 Å². The number of hydrogen-bond donors (Lipinski definition) is 1. The van der Waals surface area contributed by atoms with Crippen LogP contribution >= 0.6 is 27.3 Å². The quantitative estimate of drug-likeness (QED) is 0.352. The average Bonchev–Trinajstić information content (AvgIpc) is 3.15. The maximum atomic E-state index is 12.0. The van der Waals surface area contributed by atoms with Crippen molar-refractivity contribution < 1.29 is 14.2 Å². The summed E-state index contributed by atoms with van der Waals surface area (Å²) < 4.78 is 21.1. The molecule has 1 aliphatic heterocycles. The number of rotatable bonds is 8. The van der Waals surface area contributed by atoms with Crippen LogP contribution in [0.2, 0.25) is 0 Å². The molecule has 0 saturated heterocycles. The van der Waals surface area contributed by atoms with Crippen molar-refractivity contribution in [3.63, 3.8) is 0 Å². The topological polar surface area (TPSA) is 60.6 Å². The maximum absolute atomic E-state index is 12.0. The number of fused-ring (bicyclic) bond motifs is 1. The van der Waals surface area contributed by atoms with Gasteiger partial charge in [0, 0.05) is 5.56 Å². The van der Waals surface area contributed by atoms with Gasteiger partial charge in [0.2, 0.25) is 0 Å². The first-order valence-corrected chi connectivity index (χ1v) is 14.0. The molecule has 0 bridgehead atoms. The lowest BCUT2D eigenvalue weighted by Crippen LogP contribution is -2.42. The molecule has 0 spiro atoms. The number of nitrogens with one attached hydrogen (secondary N) is 1. The van der Waals surface area contributed by atoms with Crippen LogP contribution in [0, 0.1) is 20.8 Å². The highest BCUT2D eigenvalue weighted by Crippen LogP contribution is 2.44. The smallest absolute Gasteiger partial charge is 0.266 e. The molecule has 1 N–H and O–H groups in total. The second kappa shape index (κ2) is 10.9. The Balaban J connectivity index is 1.50. The molecular weight excluding hydrogens is 538 g/mol. The number of hydrogen-bond acceptors (Lipinski definition) is 5. The summed E-state index contributed by atoms with van der Waals surface area (Å²) in [6.07, 6.45) is 5.80. The number of aromatic nitrogens is 1. The predicted molar refractivity (Wildman–Crippen MR) is 151 cm³/mol. The second-order valence-corrected chi connectivity index (χ2v) is 11.7. The zero-order chi connectivity index (χ0) is 26.0. The van der Waals surface area contributed by atoms with E-state index in [1.54, 1.807) is 0 Å². The molecule has 2 heterocycles. The zero-order valence-corrected chi connectivity index (χ0v) is 24.1. The molecule has 0 amide bonds. The van der Waals surface area contributed by atoms with Crippen LogP contribution in [-0.4, -0.2) is 23.8 Å². The van der Waals surface area contributed by atoms with Gasteiger partial charge in [0.15, 0.2) is 0 Å². The van der Waals surface area contributed by atoms with Crippen LogP contribution in [0.1, 0.15) is 60.9 Å². The van der Waals surface area contributed by atoms with Gasteiger partial charge in [-0.1, -0.05) is 26.0 Å². The van der Waals surface area contributed by atoms with E-state index in [0.717, 1.165) is 70.7 Å². The van der Waals surface area contributed by atoms with Gasteiger partial charge in [0.05, 0.1) is 20.3 Å². The average molecular weight is 573 g/mol. The highest BCUT2D eigenvalue weighted by molar-refractivity contribution is 9.10. The predicted octanol–water partition coefficient (Wildman–Crippen LogP) is 5.70. The van der Waals surface area contributed by atoms with Crippen molar-refractivity contribution in [2.45, 2.75) is 65.9 Å². The summed E-state index contributed by atoms with van der Waals surface area (Å²) in [6.45, 7) is 15.6. The van der Waals surface area contributed by atoms with Crippen molar-refractivity contribution in [1.29, 1.82) is 0 Å². The van der Waals surface area contributed by atoms with E-state index in [9.17, 15) is 4.79 Å². The van der Waals surface area contributed by atoms with Crippen LogP contribution < -0.4 is 29.0 Å². The minimum absolute atomic E-state index is 0.121. The van der Waals surface area contributed by atoms with Crippen LogP contribution in [0.25, 0.3) is 12.7 Å². The lowest BCUT2D eigenvalue weighted by atomic mass is 9.87. The van der Waals surface area contributed by atoms with Gasteiger partial charge in [-0.05, 0) is 103 Å². The largest absolute Gasteiger partial charge is 0.493 e. The fourth-order valence-corrected chi connectivity index (χ4v) is 5.77. The first-order valence-electron chi connectivity index (χ1n) is 12.4. The fourth-order valence-electron chi connectivity index (χ4n) is 4.51. The minimum atomic E-state index is -0.444. The van der Waals surface area contributed by atoms with Gasteiger partial charge in [-0.3, -0.25) is 4.79 Å². The van der Waals surface area contributed by atoms with Crippen LogP contribution in [0.4, 0.5) is 0 Å². The first kappa shape index (κ1) is 26.6. The molecule has 0 fully saturated rings. The summed E-state index contributed by atoms with van der Waals surface area (Å²) in [4.78, 5) is 14.7.